The van der Waals surface area contributed by atoms with Crippen molar-refractivity contribution in [2.75, 3.05) is 23.7 Å². The van der Waals surface area contributed by atoms with Crippen LogP contribution in [0.4, 0.5) is 11.9 Å². The molecule has 0 spiro atoms. The summed E-state index contributed by atoms with van der Waals surface area (Å²) >= 11 is 5.81. The van der Waals surface area contributed by atoms with Gasteiger partial charge in [0, 0.05) is 13.1 Å². The van der Waals surface area contributed by atoms with Gasteiger partial charge in [-0.25, -0.2) is 0 Å². The van der Waals surface area contributed by atoms with Crippen LogP contribution in [0.25, 0.3) is 0 Å². The van der Waals surface area contributed by atoms with Crippen molar-refractivity contribution in [3.8, 4) is 0 Å². The van der Waals surface area contributed by atoms with E-state index in [0.717, 1.165) is 25.7 Å². The number of nitrogens with one attached hydrogen (secondary N) is 2. The minimum absolute atomic E-state index is 0.141. The first-order valence-corrected chi connectivity index (χ1v) is 6.61. The summed E-state index contributed by atoms with van der Waals surface area (Å²) in [7, 11) is 0. The largest absolute Gasteiger partial charge is 0.388 e. The summed E-state index contributed by atoms with van der Waals surface area (Å²) in [6.07, 6.45) is 3.77. The van der Waals surface area contributed by atoms with Gasteiger partial charge in [-0.05, 0) is 31.4 Å². The van der Waals surface area contributed by atoms with Crippen LogP contribution in [-0.4, -0.2) is 38.7 Å². The second kappa shape index (κ2) is 5.67. The fourth-order valence-electron chi connectivity index (χ4n) is 2.12. The second-order valence-electron chi connectivity index (χ2n) is 4.57. The van der Waals surface area contributed by atoms with Crippen molar-refractivity contribution in [3.63, 3.8) is 0 Å². The molecule has 0 amide bonds. The Hall–Kier alpha value is -1.14. The fourth-order valence-corrected chi connectivity index (χ4v) is 2.28. The molecule has 0 radical (unpaired) electrons. The van der Waals surface area contributed by atoms with Gasteiger partial charge in [-0.1, -0.05) is 12.8 Å². The molecule has 1 fully saturated rings. The average molecular weight is 272 g/mol. The highest BCUT2D eigenvalue weighted by molar-refractivity contribution is 6.28. The fraction of sp³-hybridized carbons (Fsp3) is 0.727. The van der Waals surface area contributed by atoms with Crippen molar-refractivity contribution in [3.05, 3.63) is 5.28 Å². The maximum atomic E-state index is 10.2. The monoisotopic (exact) mass is 271 g/mol. The molecule has 1 aromatic rings. The Morgan fingerprint density at radius 1 is 1.17 bits per heavy atom. The lowest BCUT2D eigenvalue weighted by molar-refractivity contribution is 0.0613. The van der Waals surface area contributed by atoms with Crippen molar-refractivity contribution in [1.82, 2.24) is 15.0 Å². The predicted octanol–water partition coefficient (Wildman–Crippen LogP) is 1.67. The third-order valence-corrected chi connectivity index (χ3v) is 3.22. The maximum Gasteiger partial charge on any atom is 0.228 e. The van der Waals surface area contributed by atoms with Gasteiger partial charge in [0.2, 0.25) is 17.2 Å². The van der Waals surface area contributed by atoms with Crippen LogP contribution in [0.1, 0.15) is 32.6 Å². The molecular weight excluding hydrogens is 254 g/mol. The normalized spacial score (nSPS) is 17.7. The lowest BCUT2D eigenvalue weighted by Crippen LogP contribution is -2.34. The molecule has 1 aromatic heterocycles. The average Bonchev–Trinajstić information content (AvgIpc) is 2.74. The second-order valence-corrected chi connectivity index (χ2v) is 4.91. The van der Waals surface area contributed by atoms with Gasteiger partial charge in [-0.3, -0.25) is 0 Å². The Morgan fingerprint density at radius 2 is 1.78 bits per heavy atom. The molecule has 1 aliphatic rings. The molecule has 6 nitrogen and oxygen atoms in total. The van der Waals surface area contributed by atoms with Crippen molar-refractivity contribution < 1.29 is 5.11 Å². The van der Waals surface area contributed by atoms with Gasteiger partial charge in [-0.2, -0.15) is 15.0 Å². The van der Waals surface area contributed by atoms with Crippen LogP contribution in [-0.2, 0) is 0 Å². The van der Waals surface area contributed by atoms with Crippen LogP contribution >= 0.6 is 11.6 Å². The van der Waals surface area contributed by atoms with E-state index in [1.54, 1.807) is 0 Å². The minimum Gasteiger partial charge on any atom is -0.388 e. The Kier molecular flexibility index (Phi) is 4.19. The van der Waals surface area contributed by atoms with Gasteiger partial charge in [0.15, 0.2) is 0 Å². The van der Waals surface area contributed by atoms with E-state index in [0.29, 0.717) is 25.0 Å². The molecule has 3 N–H and O–H groups in total. The first kappa shape index (κ1) is 13.3. The van der Waals surface area contributed by atoms with Crippen molar-refractivity contribution in [1.29, 1.82) is 0 Å². The van der Waals surface area contributed by atoms with Crippen LogP contribution in [0.15, 0.2) is 0 Å². The lowest BCUT2D eigenvalue weighted by Gasteiger charge is -2.22. The maximum absolute atomic E-state index is 10.2. The number of anilines is 2. The SMILES string of the molecule is CCNc1nc(Cl)nc(NCC2(O)CCCC2)n1. The number of hydrogen-bond donors (Lipinski definition) is 3. The molecule has 7 heteroatoms. The number of hydrogen-bond acceptors (Lipinski definition) is 6. The third kappa shape index (κ3) is 3.43. The van der Waals surface area contributed by atoms with Gasteiger partial charge in [0.05, 0.1) is 5.60 Å². The zero-order chi connectivity index (χ0) is 13.0. The smallest absolute Gasteiger partial charge is 0.228 e. The quantitative estimate of drug-likeness (QED) is 0.756. The van der Waals surface area contributed by atoms with Gasteiger partial charge in [0.1, 0.15) is 0 Å². The molecule has 0 atom stereocenters. The van der Waals surface area contributed by atoms with E-state index < -0.39 is 5.60 Å². The molecule has 0 unspecified atom stereocenters. The highest BCUT2D eigenvalue weighted by Crippen LogP contribution is 2.29. The minimum atomic E-state index is -0.641. The van der Waals surface area contributed by atoms with Gasteiger partial charge in [0.25, 0.3) is 0 Å². The van der Waals surface area contributed by atoms with Crippen molar-refractivity contribution in [2.45, 2.75) is 38.2 Å². The first-order valence-electron chi connectivity index (χ1n) is 6.23. The van der Waals surface area contributed by atoms with Crippen LogP contribution in [0, 0.1) is 0 Å². The molecule has 100 valence electrons. The molecule has 1 heterocycles. The van der Waals surface area contributed by atoms with E-state index >= 15 is 0 Å². The topological polar surface area (TPSA) is 83.0 Å². The molecular formula is C11H18ClN5O. The Morgan fingerprint density at radius 3 is 2.39 bits per heavy atom. The first-order chi connectivity index (χ1) is 8.61. The van der Waals surface area contributed by atoms with Crippen LogP contribution in [0.3, 0.4) is 0 Å². The number of aromatic nitrogens is 3. The Labute approximate surface area is 111 Å². The number of halogens is 1. The molecule has 0 saturated heterocycles. The highest BCUT2D eigenvalue weighted by atomic mass is 35.5. The Bertz CT molecular complexity index is 408. The molecule has 0 aromatic carbocycles. The standard InChI is InChI=1S/C11H18ClN5O/c1-2-13-9-15-8(12)16-10(17-9)14-7-11(18)5-3-4-6-11/h18H,2-7H2,1H3,(H2,13,14,15,16,17). The zero-order valence-electron chi connectivity index (χ0n) is 10.4. The molecule has 1 aliphatic carbocycles. The van der Waals surface area contributed by atoms with Crippen LogP contribution < -0.4 is 10.6 Å². The predicted molar refractivity (Wildman–Crippen MR) is 70.9 cm³/mol. The molecule has 0 aliphatic heterocycles. The Balaban J connectivity index is 2.00. The lowest BCUT2D eigenvalue weighted by atomic mass is 10.0. The van der Waals surface area contributed by atoms with E-state index in [-0.39, 0.29) is 5.28 Å². The number of rotatable bonds is 5. The molecule has 18 heavy (non-hydrogen) atoms. The zero-order valence-corrected chi connectivity index (χ0v) is 11.2. The summed E-state index contributed by atoms with van der Waals surface area (Å²) in [5.41, 5.74) is -0.641. The van der Waals surface area contributed by atoms with E-state index in [4.69, 9.17) is 11.6 Å². The van der Waals surface area contributed by atoms with Gasteiger partial charge < -0.3 is 15.7 Å². The van der Waals surface area contributed by atoms with E-state index in [1.807, 2.05) is 6.92 Å². The molecule has 1 saturated carbocycles. The number of nitrogens with zero attached hydrogens (tertiary/aromatic N) is 3. The van der Waals surface area contributed by atoms with E-state index in [9.17, 15) is 5.11 Å². The third-order valence-electron chi connectivity index (χ3n) is 3.05. The van der Waals surface area contributed by atoms with Gasteiger partial charge >= 0.3 is 0 Å². The van der Waals surface area contributed by atoms with Gasteiger partial charge in [-0.15, -0.1) is 0 Å². The molecule has 0 bridgehead atoms. The molecule has 2 rings (SSSR count). The summed E-state index contributed by atoms with van der Waals surface area (Å²) in [6.45, 7) is 3.11. The summed E-state index contributed by atoms with van der Waals surface area (Å²) < 4.78 is 0. The summed E-state index contributed by atoms with van der Waals surface area (Å²) in [5.74, 6) is 0.838. The number of aliphatic hydroxyl groups is 1. The van der Waals surface area contributed by atoms with E-state index in [2.05, 4.69) is 25.6 Å². The summed E-state index contributed by atoms with van der Waals surface area (Å²) in [5, 5.41) is 16.4. The van der Waals surface area contributed by atoms with Crippen LogP contribution in [0.5, 0.6) is 0 Å². The summed E-state index contributed by atoms with van der Waals surface area (Å²) in [6, 6.07) is 0. The van der Waals surface area contributed by atoms with Crippen LogP contribution in [0.2, 0.25) is 5.28 Å². The summed E-state index contributed by atoms with van der Waals surface area (Å²) in [4.78, 5) is 12.1. The highest BCUT2D eigenvalue weighted by Gasteiger charge is 2.30. The van der Waals surface area contributed by atoms with Crippen molar-refractivity contribution >= 4 is 23.5 Å². The van der Waals surface area contributed by atoms with E-state index in [1.165, 1.54) is 0 Å². The van der Waals surface area contributed by atoms with Crippen molar-refractivity contribution in [2.24, 2.45) is 0 Å².